The lowest BCUT2D eigenvalue weighted by molar-refractivity contribution is -0.140. The van der Waals surface area contributed by atoms with Crippen molar-refractivity contribution in [1.82, 2.24) is 4.57 Å². The van der Waals surface area contributed by atoms with E-state index in [0.29, 0.717) is 12.0 Å². The molecule has 1 atom stereocenters. The van der Waals surface area contributed by atoms with Crippen LogP contribution in [0.2, 0.25) is 0 Å². The average Bonchev–Trinajstić information content (AvgIpc) is 3.15. The van der Waals surface area contributed by atoms with Gasteiger partial charge < -0.3 is 10.2 Å². The van der Waals surface area contributed by atoms with Crippen molar-refractivity contribution >= 4 is 23.7 Å². The van der Waals surface area contributed by atoms with Gasteiger partial charge in [0.25, 0.3) is 5.56 Å². The smallest absolute Gasteiger partial charge is 0.341 e. The first-order chi connectivity index (χ1) is 14.8. The molecular weight excluding hydrogens is 428 g/mol. The zero-order chi connectivity index (χ0) is 22.7. The normalized spacial score (nSPS) is 15.1. The Balaban J connectivity index is 2.25. The Bertz CT molecular complexity index is 1080. The van der Waals surface area contributed by atoms with Gasteiger partial charge in [0.15, 0.2) is 11.6 Å². The fourth-order valence-corrected chi connectivity index (χ4v) is 5.22. The number of carboxylic acids is 2. The fourth-order valence-electron chi connectivity index (χ4n) is 3.88. The number of unbranched alkanes of at least 4 members (excludes halogenated alkanes) is 4. The molecule has 1 aliphatic heterocycles. The van der Waals surface area contributed by atoms with Gasteiger partial charge in [0, 0.05) is 11.3 Å². The summed E-state index contributed by atoms with van der Waals surface area (Å²) in [5.41, 5.74) is -0.639. The summed E-state index contributed by atoms with van der Waals surface area (Å²) in [4.78, 5) is 36.8. The molecule has 0 radical (unpaired) electrons. The van der Waals surface area contributed by atoms with E-state index in [0.717, 1.165) is 54.1 Å². The third kappa shape index (κ3) is 4.51. The molecule has 0 fully saturated rings. The maximum Gasteiger partial charge on any atom is 0.341 e. The van der Waals surface area contributed by atoms with Gasteiger partial charge in [0.2, 0.25) is 0 Å². The molecule has 0 saturated carbocycles. The second kappa shape index (κ2) is 9.64. The van der Waals surface area contributed by atoms with Crippen molar-refractivity contribution in [2.45, 2.75) is 56.5 Å². The Kier molecular flexibility index (Phi) is 7.15. The summed E-state index contributed by atoms with van der Waals surface area (Å²) in [6.45, 7) is 2.07. The minimum atomic E-state index is -1.46. The first-order valence-corrected chi connectivity index (χ1v) is 11.1. The van der Waals surface area contributed by atoms with E-state index in [-0.39, 0.29) is 28.3 Å². The first kappa shape index (κ1) is 23.0. The van der Waals surface area contributed by atoms with Gasteiger partial charge >= 0.3 is 11.9 Å². The third-order valence-corrected chi connectivity index (χ3v) is 6.55. The number of aromatic carboxylic acids is 1. The highest BCUT2D eigenvalue weighted by atomic mass is 32.2. The Morgan fingerprint density at radius 2 is 1.84 bits per heavy atom. The maximum absolute atomic E-state index is 14.0. The zero-order valence-corrected chi connectivity index (χ0v) is 17.8. The van der Waals surface area contributed by atoms with Crippen LogP contribution in [-0.2, 0) is 11.2 Å². The van der Waals surface area contributed by atoms with Gasteiger partial charge in [-0.1, -0.05) is 38.7 Å². The van der Waals surface area contributed by atoms with Crippen LogP contribution in [0.5, 0.6) is 0 Å². The Labute approximate surface area is 181 Å². The van der Waals surface area contributed by atoms with E-state index >= 15 is 0 Å². The molecule has 0 saturated heterocycles. The van der Waals surface area contributed by atoms with Gasteiger partial charge in [-0.25, -0.2) is 18.4 Å². The van der Waals surface area contributed by atoms with Gasteiger partial charge in [-0.2, -0.15) is 0 Å². The van der Waals surface area contributed by atoms with Gasteiger partial charge in [-0.3, -0.25) is 9.36 Å². The quantitative estimate of drug-likeness (QED) is 0.535. The summed E-state index contributed by atoms with van der Waals surface area (Å²) < 4.78 is 28.5. The standard InChI is InChI=1S/C22H23F2NO5S/c1-2-3-4-5-6-7-13-17(12-8-9-14(23)15(24)10-12)20-25(16(11-31-20)21(27)28)19(26)18(13)22(29)30/h8-10,16H,2-7,11H2,1H3,(H,27,28)(H,29,30). The lowest BCUT2D eigenvalue weighted by Gasteiger charge is -2.19. The molecule has 1 aliphatic rings. The molecule has 2 N–H and O–H groups in total. The predicted octanol–water partition coefficient (Wildman–Crippen LogP) is 4.74. The van der Waals surface area contributed by atoms with E-state index < -0.39 is 40.7 Å². The monoisotopic (exact) mass is 451 g/mol. The number of nitrogens with zero attached hydrogens (tertiary/aromatic N) is 1. The fraction of sp³-hybridized carbons (Fsp3) is 0.409. The van der Waals surface area contributed by atoms with E-state index in [1.807, 2.05) is 0 Å². The number of aromatic nitrogens is 1. The summed E-state index contributed by atoms with van der Waals surface area (Å²) in [7, 11) is 0. The van der Waals surface area contributed by atoms with Crippen LogP contribution in [0.25, 0.3) is 11.1 Å². The minimum absolute atomic E-state index is 0.0419. The van der Waals surface area contributed by atoms with Crippen molar-refractivity contribution in [2.24, 2.45) is 0 Å². The Morgan fingerprint density at radius 1 is 1.13 bits per heavy atom. The zero-order valence-electron chi connectivity index (χ0n) is 17.0. The first-order valence-electron chi connectivity index (χ1n) is 10.1. The lowest BCUT2D eigenvalue weighted by atomic mass is 9.92. The highest BCUT2D eigenvalue weighted by molar-refractivity contribution is 7.99. The molecular formula is C22H23F2NO5S. The van der Waals surface area contributed by atoms with Gasteiger partial charge in [-0.15, -0.1) is 11.8 Å². The summed E-state index contributed by atoms with van der Waals surface area (Å²) in [6, 6.07) is 1.98. The van der Waals surface area contributed by atoms with Gasteiger partial charge in [-0.05, 0) is 36.1 Å². The Morgan fingerprint density at radius 3 is 2.45 bits per heavy atom. The molecule has 9 heteroatoms. The number of thioether (sulfide) groups is 1. The number of pyridine rings is 1. The van der Waals surface area contributed by atoms with Crippen LogP contribution in [-0.4, -0.2) is 32.5 Å². The van der Waals surface area contributed by atoms with E-state index in [2.05, 4.69) is 6.92 Å². The number of carbonyl (C=O) groups is 2. The number of rotatable bonds is 9. The molecule has 1 unspecified atom stereocenters. The molecule has 0 bridgehead atoms. The molecule has 1 aromatic heterocycles. The van der Waals surface area contributed by atoms with Gasteiger partial charge in [0.1, 0.15) is 11.6 Å². The van der Waals surface area contributed by atoms with Crippen LogP contribution in [0.1, 0.15) is 61.0 Å². The summed E-state index contributed by atoms with van der Waals surface area (Å²) >= 11 is 1.10. The van der Waals surface area contributed by atoms with Crippen molar-refractivity contribution in [3.05, 3.63) is 51.3 Å². The summed E-state index contributed by atoms with van der Waals surface area (Å²) in [6.07, 6.45) is 4.74. The Hall–Kier alpha value is -2.68. The second-order valence-electron chi connectivity index (χ2n) is 7.47. The molecule has 2 aromatic rings. The predicted molar refractivity (Wildman–Crippen MR) is 113 cm³/mol. The molecule has 2 heterocycles. The van der Waals surface area contributed by atoms with Crippen molar-refractivity contribution in [2.75, 3.05) is 5.75 Å². The molecule has 6 nitrogen and oxygen atoms in total. The number of benzene rings is 1. The SMILES string of the molecule is CCCCCCCc1c(-c2ccc(F)c(F)c2)c2n(c(=O)c1C(=O)O)C(C(=O)O)CS2. The summed E-state index contributed by atoms with van der Waals surface area (Å²) in [5, 5.41) is 19.6. The average molecular weight is 451 g/mol. The number of hydrogen-bond acceptors (Lipinski definition) is 4. The van der Waals surface area contributed by atoms with Crippen LogP contribution in [0, 0.1) is 11.6 Å². The highest BCUT2D eigenvalue weighted by Gasteiger charge is 2.36. The van der Waals surface area contributed by atoms with Crippen molar-refractivity contribution in [3.63, 3.8) is 0 Å². The molecule has 3 rings (SSSR count). The topological polar surface area (TPSA) is 96.6 Å². The number of fused-ring (bicyclic) bond motifs is 1. The minimum Gasteiger partial charge on any atom is -0.480 e. The molecule has 0 aliphatic carbocycles. The molecule has 166 valence electrons. The lowest BCUT2D eigenvalue weighted by Crippen LogP contribution is -2.34. The van der Waals surface area contributed by atoms with Gasteiger partial charge in [0.05, 0.1) is 5.03 Å². The van der Waals surface area contributed by atoms with Crippen LogP contribution >= 0.6 is 11.8 Å². The highest BCUT2D eigenvalue weighted by Crippen LogP contribution is 2.42. The van der Waals surface area contributed by atoms with Crippen LogP contribution < -0.4 is 5.56 Å². The molecule has 1 aromatic carbocycles. The number of aliphatic carboxylic acids is 1. The van der Waals surface area contributed by atoms with E-state index in [4.69, 9.17) is 0 Å². The second-order valence-corrected chi connectivity index (χ2v) is 8.48. The van der Waals surface area contributed by atoms with Crippen molar-refractivity contribution < 1.29 is 28.6 Å². The number of halogens is 2. The third-order valence-electron chi connectivity index (χ3n) is 5.40. The van der Waals surface area contributed by atoms with Crippen LogP contribution in [0.3, 0.4) is 0 Å². The van der Waals surface area contributed by atoms with E-state index in [1.165, 1.54) is 6.07 Å². The molecule has 0 spiro atoms. The van der Waals surface area contributed by atoms with Crippen LogP contribution in [0.15, 0.2) is 28.0 Å². The number of hydrogen-bond donors (Lipinski definition) is 2. The van der Waals surface area contributed by atoms with Crippen molar-refractivity contribution in [3.8, 4) is 11.1 Å². The van der Waals surface area contributed by atoms with E-state index in [9.17, 15) is 33.4 Å². The molecule has 0 amide bonds. The van der Waals surface area contributed by atoms with Crippen LogP contribution in [0.4, 0.5) is 8.78 Å². The number of carboxylic acid groups (broad SMARTS) is 2. The van der Waals surface area contributed by atoms with Crippen molar-refractivity contribution in [1.29, 1.82) is 0 Å². The maximum atomic E-state index is 14.0. The van der Waals surface area contributed by atoms with E-state index in [1.54, 1.807) is 0 Å². The largest absolute Gasteiger partial charge is 0.480 e. The summed E-state index contributed by atoms with van der Waals surface area (Å²) in [5.74, 6) is -4.84. The molecule has 31 heavy (non-hydrogen) atoms.